The predicted molar refractivity (Wildman–Crippen MR) is 89.1 cm³/mol. The quantitative estimate of drug-likeness (QED) is 0.877. The van der Waals surface area contributed by atoms with Gasteiger partial charge in [-0.1, -0.05) is 36.8 Å². The lowest BCUT2D eigenvalue weighted by atomic mass is 9.93. The summed E-state index contributed by atoms with van der Waals surface area (Å²) in [4.78, 5) is 15.3. The third-order valence-corrected chi connectivity index (χ3v) is 5.55. The molecule has 3 nitrogen and oxygen atoms in total. The van der Waals surface area contributed by atoms with Crippen LogP contribution in [-0.4, -0.2) is 23.4 Å². The van der Waals surface area contributed by atoms with Crippen molar-refractivity contribution >= 4 is 5.91 Å². The zero-order chi connectivity index (χ0) is 15.5. The molecule has 2 saturated carbocycles. The fraction of sp³-hybridized carbons (Fsp3) is 0.632. The summed E-state index contributed by atoms with van der Waals surface area (Å²) in [6.45, 7) is 3.61. The van der Waals surface area contributed by atoms with Gasteiger partial charge in [0.05, 0.1) is 0 Å². The average molecular weight is 300 g/mol. The van der Waals surface area contributed by atoms with Crippen molar-refractivity contribution in [1.29, 1.82) is 0 Å². The highest BCUT2D eigenvalue weighted by molar-refractivity contribution is 5.80. The van der Waals surface area contributed by atoms with Crippen molar-refractivity contribution in [3.63, 3.8) is 0 Å². The van der Waals surface area contributed by atoms with E-state index in [2.05, 4.69) is 36.1 Å². The number of hydrogen-bond acceptors (Lipinski definition) is 2. The number of carbonyl (C=O) groups excluding carboxylic acids is 1. The standard InChI is InChI=1S/C19H28N2O/c1-14(16-10-11-16)21(13-15-6-3-2-4-7-15)19(22)18-9-5-8-17(18)12-20/h2-4,6-7,14,16-18H,5,8-13,20H2,1H3/t14?,17-,18-/m1/s1. The smallest absolute Gasteiger partial charge is 0.226 e. The third kappa shape index (κ3) is 3.35. The molecule has 22 heavy (non-hydrogen) atoms. The topological polar surface area (TPSA) is 46.3 Å². The Bertz CT molecular complexity index is 497. The summed E-state index contributed by atoms with van der Waals surface area (Å²) in [5.74, 6) is 1.58. The molecule has 0 bridgehead atoms. The molecule has 0 radical (unpaired) electrons. The monoisotopic (exact) mass is 300 g/mol. The fourth-order valence-corrected chi connectivity index (χ4v) is 3.89. The summed E-state index contributed by atoms with van der Waals surface area (Å²) in [6.07, 6.45) is 5.82. The first-order valence-electron chi connectivity index (χ1n) is 8.75. The number of hydrogen-bond donors (Lipinski definition) is 1. The van der Waals surface area contributed by atoms with Crippen molar-refractivity contribution in [3.8, 4) is 0 Å². The van der Waals surface area contributed by atoms with E-state index in [4.69, 9.17) is 5.73 Å². The minimum atomic E-state index is 0.148. The molecule has 2 N–H and O–H groups in total. The van der Waals surface area contributed by atoms with E-state index in [0.29, 0.717) is 30.3 Å². The molecule has 3 atom stereocenters. The van der Waals surface area contributed by atoms with Crippen molar-refractivity contribution in [2.45, 2.75) is 51.6 Å². The van der Waals surface area contributed by atoms with Gasteiger partial charge in [0.15, 0.2) is 0 Å². The van der Waals surface area contributed by atoms with E-state index in [9.17, 15) is 4.79 Å². The van der Waals surface area contributed by atoms with E-state index >= 15 is 0 Å². The van der Waals surface area contributed by atoms with Crippen LogP contribution in [0.4, 0.5) is 0 Å². The summed E-state index contributed by atoms with van der Waals surface area (Å²) in [5, 5.41) is 0. The second-order valence-corrected chi connectivity index (χ2v) is 7.06. The minimum Gasteiger partial charge on any atom is -0.335 e. The first kappa shape index (κ1) is 15.5. The molecule has 2 aliphatic rings. The Kier molecular flexibility index (Phi) is 4.82. The Hall–Kier alpha value is -1.35. The SMILES string of the molecule is CC(C1CC1)N(Cc1ccccc1)C(=O)[C@@H]1CCC[C@@H]1CN. The van der Waals surface area contributed by atoms with Crippen LogP contribution in [0.2, 0.25) is 0 Å². The summed E-state index contributed by atoms with van der Waals surface area (Å²) >= 11 is 0. The second kappa shape index (κ2) is 6.82. The Morgan fingerprint density at radius 3 is 2.59 bits per heavy atom. The molecule has 0 saturated heterocycles. The molecular weight excluding hydrogens is 272 g/mol. The minimum absolute atomic E-state index is 0.148. The van der Waals surface area contributed by atoms with Gasteiger partial charge in [-0.3, -0.25) is 4.79 Å². The summed E-state index contributed by atoms with van der Waals surface area (Å²) in [5.41, 5.74) is 7.12. The van der Waals surface area contributed by atoms with Gasteiger partial charge in [-0.15, -0.1) is 0 Å². The molecule has 0 aromatic heterocycles. The maximum absolute atomic E-state index is 13.2. The molecule has 3 heteroatoms. The van der Waals surface area contributed by atoms with Crippen LogP contribution in [0.25, 0.3) is 0 Å². The van der Waals surface area contributed by atoms with E-state index in [0.717, 1.165) is 25.8 Å². The van der Waals surface area contributed by atoms with E-state index in [1.165, 1.54) is 18.4 Å². The summed E-state index contributed by atoms with van der Waals surface area (Å²) in [6, 6.07) is 10.7. The van der Waals surface area contributed by atoms with Crippen LogP contribution < -0.4 is 5.73 Å². The second-order valence-electron chi connectivity index (χ2n) is 7.06. The highest BCUT2D eigenvalue weighted by Crippen LogP contribution is 2.38. The lowest BCUT2D eigenvalue weighted by molar-refractivity contribution is -0.139. The molecule has 1 aromatic rings. The van der Waals surface area contributed by atoms with Gasteiger partial charge in [0, 0.05) is 18.5 Å². The molecule has 0 spiro atoms. The number of benzene rings is 1. The number of rotatable bonds is 6. The van der Waals surface area contributed by atoms with E-state index in [1.807, 2.05) is 6.07 Å². The lowest BCUT2D eigenvalue weighted by Gasteiger charge is -2.33. The van der Waals surface area contributed by atoms with Crippen LogP contribution in [0.1, 0.15) is 44.6 Å². The third-order valence-electron chi connectivity index (χ3n) is 5.55. The van der Waals surface area contributed by atoms with Crippen LogP contribution in [0, 0.1) is 17.8 Å². The molecule has 0 heterocycles. The Labute approximate surface area is 133 Å². The Morgan fingerprint density at radius 1 is 1.23 bits per heavy atom. The molecular formula is C19H28N2O. The van der Waals surface area contributed by atoms with Crippen LogP contribution in [-0.2, 0) is 11.3 Å². The molecule has 1 unspecified atom stereocenters. The number of carbonyl (C=O) groups is 1. The lowest BCUT2D eigenvalue weighted by Crippen LogP contribution is -2.44. The van der Waals surface area contributed by atoms with Crippen molar-refractivity contribution < 1.29 is 4.79 Å². The number of nitrogens with two attached hydrogens (primary N) is 1. The first-order valence-corrected chi connectivity index (χ1v) is 8.75. The van der Waals surface area contributed by atoms with Gasteiger partial charge in [0.2, 0.25) is 5.91 Å². The normalized spacial score (nSPS) is 25.9. The number of amides is 1. The van der Waals surface area contributed by atoms with Crippen LogP contribution >= 0.6 is 0 Å². The largest absolute Gasteiger partial charge is 0.335 e. The average Bonchev–Trinajstić information content (AvgIpc) is 3.29. The van der Waals surface area contributed by atoms with Gasteiger partial charge in [-0.05, 0) is 56.6 Å². The first-order chi connectivity index (χ1) is 10.7. The highest BCUT2D eigenvalue weighted by atomic mass is 16.2. The Morgan fingerprint density at radius 2 is 1.95 bits per heavy atom. The molecule has 2 fully saturated rings. The van der Waals surface area contributed by atoms with Crippen molar-refractivity contribution in [2.24, 2.45) is 23.5 Å². The maximum Gasteiger partial charge on any atom is 0.226 e. The zero-order valence-electron chi connectivity index (χ0n) is 13.6. The van der Waals surface area contributed by atoms with Gasteiger partial charge in [0.25, 0.3) is 0 Å². The number of nitrogens with zero attached hydrogens (tertiary/aromatic N) is 1. The summed E-state index contributed by atoms with van der Waals surface area (Å²) in [7, 11) is 0. The van der Waals surface area contributed by atoms with E-state index in [-0.39, 0.29) is 5.92 Å². The van der Waals surface area contributed by atoms with Gasteiger partial charge in [-0.25, -0.2) is 0 Å². The molecule has 0 aliphatic heterocycles. The van der Waals surface area contributed by atoms with Crippen molar-refractivity contribution in [1.82, 2.24) is 4.90 Å². The predicted octanol–water partition coefficient (Wildman–Crippen LogP) is 3.19. The van der Waals surface area contributed by atoms with Gasteiger partial charge >= 0.3 is 0 Å². The van der Waals surface area contributed by atoms with Crippen LogP contribution in [0.15, 0.2) is 30.3 Å². The summed E-state index contributed by atoms with van der Waals surface area (Å²) < 4.78 is 0. The van der Waals surface area contributed by atoms with E-state index < -0.39 is 0 Å². The van der Waals surface area contributed by atoms with Gasteiger partial charge < -0.3 is 10.6 Å². The Balaban J connectivity index is 1.76. The molecule has 3 rings (SSSR count). The van der Waals surface area contributed by atoms with Crippen molar-refractivity contribution in [2.75, 3.05) is 6.54 Å². The van der Waals surface area contributed by atoms with E-state index in [1.54, 1.807) is 0 Å². The fourth-order valence-electron chi connectivity index (χ4n) is 3.89. The zero-order valence-corrected chi connectivity index (χ0v) is 13.6. The molecule has 1 amide bonds. The van der Waals surface area contributed by atoms with Gasteiger partial charge in [0.1, 0.15) is 0 Å². The molecule has 2 aliphatic carbocycles. The van der Waals surface area contributed by atoms with Gasteiger partial charge in [-0.2, -0.15) is 0 Å². The van der Waals surface area contributed by atoms with Crippen LogP contribution in [0.5, 0.6) is 0 Å². The highest BCUT2D eigenvalue weighted by Gasteiger charge is 2.40. The molecule has 1 aromatic carbocycles. The van der Waals surface area contributed by atoms with Crippen molar-refractivity contribution in [3.05, 3.63) is 35.9 Å². The van der Waals surface area contributed by atoms with Crippen LogP contribution in [0.3, 0.4) is 0 Å². The maximum atomic E-state index is 13.2. The molecule has 120 valence electrons.